The molecule has 0 radical (unpaired) electrons. The van der Waals surface area contributed by atoms with Crippen molar-refractivity contribution in [2.45, 2.75) is 24.8 Å². The average Bonchev–Trinajstić information content (AvgIpc) is 3.26. The van der Waals surface area contributed by atoms with Crippen molar-refractivity contribution in [3.05, 3.63) is 29.8 Å². The number of hydrogen-bond acceptors (Lipinski definition) is 4. The maximum atomic E-state index is 14.4. The maximum absolute atomic E-state index is 14.4. The first-order valence-corrected chi connectivity index (χ1v) is 9.50. The van der Waals surface area contributed by atoms with Crippen molar-refractivity contribution < 1.29 is 12.8 Å². The van der Waals surface area contributed by atoms with Gasteiger partial charge in [-0.2, -0.15) is 9.40 Å². The molecule has 9 heteroatoms. The molecule has 1 aliphatic heterocycles. The summed E-state index contributed by atoms with van der Waals surface area (Å²) in [6, 6.07) is 2.86. The van der Waals surface area contributed by atoms with Gasteiger partial charge in [0.1, 0.15) is 17.2 Å². The average molecular weight is 363 g/mol. The summed E-state index contributed by atoms with van der Waals surface area (Å²) in [7, 11) is -1.92. The van der Waals surface area contributed by atoms with E-state index >= 15 is 0 Å². The SMILES string of the molecule is Cc1cc(F)c2[nH]c(S(=O)(=O)N3CCCC3)cc2c1-c1ncn(C)n1. The third kappa shape index (κ3) is 2.54. The lowest BCUT2D eigenvalue weighted by molar-refractivity contribution is 0.475. The summed E-state index contributed by atoms with van der Waals surface area (Å²) in [4.78, 5) is 6.99. The number of aromatic nitrogens is 4. The normalized spacial score (nSPS) is 16.1. The Morgan fingerprint density at radius 1 is 1.24 bits per heavy atom. The van der Waals surface area contributed by atoms with Crippen molar-refractivity contribution in [1.29, 1.82) is 0 Å². The van der Waals surface area contributed by atoms with Gasteiger partial charge in [-0.1, -0.05) is 0 Å². The van der Waals surface area contributed by atoms with E-state index in [1.54, 1.807) is 25.0 Å². The smallest absolute Gasteiger partial charge is 0.258 e. The molecule has 0 amide bonds. The van der Waals surface area contributed by atoms with Crippen LogP contribution in [0.25, 0.3) is 22.3 Å². The number of aromatic amines is 1. The second kappa shape index (κ2) is 5.63. The van der Waals surface area contributed by atoms with Crippen LogP contribution in [0, 0.1) is 12.7 Å². The van der Waals surface area contributed by atoms with Crippen molar-refractivity contribution in [1.82, 2.24) is 24.1 Å². The van der Waals surface area contributed by atoms with Gasteiger partial charge in [-0.3, -0.25) is 4.68 Å². The number of hydrogen-bond donors (Lipinski definition) is 1. The highest BCUT2D eigenvalue weighted by Gasteiger charge is 2.30. The van der Waals surface area contributed by atoms with Gasteiger partial charge in [-0.05, 0) is 37.5 Å². The van der Waals surface area contributed by atoms with Crippen LogP contribution in [0.2, 0.25) is 0 Å². The van der Waals surface area contributed by atoms with Crippen LogP contribution in [0.4, 0.5) is 4.39 Å². The highest BCUT2D eigenvalue weighted by Crippen LogP contribution is 2.34. The Labute approximate surface area is 144 Å². The number of nitrogens with one attached hydrogen (secondary N) is 1. The summed E-state index contributed by atoms with van der Waals surface area (Å²) < 4.78 is 43.0. The van der Waals surface area contributed by atoms with Gasteiger partial charge in [-0.15, -0.1) is 0 Å². The molecule has 1 N–H and O–H groups in total. The fraction of sp³-hybridized carbons (Fsp3) is 0.375. The van der Waals surface area contributed by atoms with Gasteiger partial charge in [-0.25, -0.2) is 17.8 Å². The van der Waals surface area contributed by atoms with E-state index in [2.05, 4.69) is 15.1 Å². The van der Waals surface area contributed by atoms with E-state index in [0.29, 0.717) is 35.4 Å². The van der Waals surface area contributed by atoms with Crippen LogP contribution in [0.3, 0.4) is 0 Å². The number of H-pyrrole nitrogens is 1. The molecule has 0 saturated carbocycles. The summed E-state index contributed by atoms with van der Waals surface area (Å²) >= 11 is 0. The Bertz CT molecular complexity index is 1060. The molecule has 25 heavy (non-hydrogen) atoms. The largest absolute Gasteiger partial charge is 0.342 e. The minimum absolute atomic E-state index is 0.00563. The molecule has 4 rings (SSSR count). The number of aryl methyl sites for hydroxylation is 2. The quantitative estimate of drug-likeness (QED) is 0.773. The molecule has 3 heterocycles. The molecule has 0 aliphatic carbocycles. The summed E-state index contributed by atoms with van der Waals surface area (Å²) in [5, 5.41) is 4.76. The molecule has 1 fully saturated rings. The van der Waals surface area contributed by atoms with Crippen LogP contribution in [-0.2, 0) is 17.1 Å². The van der Waals surface area contributed by atoms with Crippen LogP contribution < -0.4 is 0 Å². The van der Waals surface area contributed by atoms with E-state index in [-0.39, 0.29) is 10.5 Å². The van der Waals surface area contributed by atoms with E-state index in [1.165, 1.54) is 16.4 Å². The van der Waals surface area contributed by atoms with Crippen LogP contribution in [-0.4, -0.2) is 45.6 Å². The predicted octanol–water partition coefficient (Wildman–Crippen LogP) is 2.20. The fourth-order valence-electron chi connectivity index (χ4n) is 3.32. The Morgan fingerprint density at radius 2 is 1.96 bits per heavy atom. The molecule has 0 unspecified atom stereocenters. The van der Waals surface area contributed by atoms with Gasteiger partial charge in [0.05, 0.1) is 5.52 Å². The Hall–Kier alpha value is -2.26. The topological polar surface area (TPSA) is 83.9 Å². The molecule has 0 atom stereocenters. The molecular formula is C16H18FN5O2S. The van der Waals surface area contributed by atoms with Crippen LogP contribution >= 0.6 is 0 Å². The van der Waals surface area contributed by atoms with Crippen molar-refractivity contribution in [2.24, 2.45) is 7.05 Å². The minimum Gasteiger partial charge on any atom is -0.342 e. The highest BCUT2D eigenvalue weighted by molar-refractivity contribution is 7.89. The molecule has 3 aromatic rings. The molecule has 1 saturated heterocycles. The first-order valence-electron chi connectivity index (χ1n) is 8.06. The zero-order valence-electron chi connectivity index (χ0n) is 14.0. The Morgan fingerprint density at radius 3 is 2.60 bits per heavy atom. The third-order valence-corrected chi connectivity index (χ3v) is 6.37. The van der Waals surface area contributed by atoms with Crippen LogP contribution in [0.15, 0.2) is 23.5 Å². The Balaban J connectivity index is 1.95. The molecule has 1 aromatic carbocycles. The number of fused-ring (bicyclic) bond motifs is 1. The van der Waals surface area contributed by atoms with Crippen LogP contribution in [0.1, 0.15) is 18.4 Å². The zero-order chi connectivity index (χ0) is 17.8. The van der Waals surface area contributed by atoms with Crippen molar-refractivity contribution in [3.63, 3.8) is 0 Å². The summed E-state index contributed by atoms with van der Waals surface area (Å²) in [6.07, 6.45) is 3.24. The lowest BCUT2D eigenvalue weighted by Gasteiger charge is -2.13. The lowest BCUT2D eigenvalue weighted by Crippen LogP contribution is -2.28. The molecule has 0 spiro atoms. The second-order valence-electron chi connectivity index (χ2n) is 6.33. The van der Waals surface area contributed by atoms with E-state index < -0.39 is 15.8 Å². The van der Waals surface area contributed by atoms with Gasteiger partial charge in [0, 0.05) is 31.1 Å². The van der Waals surface area contributed by atoms with Gasteiger partial charge in [0.2, 0.25) is 0 Å². The minimum atomic E-state index is -3.66. The van der Waals surface area contributed by atoms with Gasteiger partial charge < -0.3 is 4.98 Å². The first-order chi connectivity index (χ1) is 11.9. The molecule has 7 nitrogen and oxygen atoms in total. The van der Waals surface area contributed by atoms with Gasteiger partial charge in [0.15, 0.2) is 5.82 Å². The summed E-state index contributed by atoms with van der Waals surface area (Å²) in [5.41, 5.74) is 1.45. The van der Waals surface area contributed by atoms with Crippen molar-refractivity contribution in [3.8, 4) is 11.4 Å². The predicted molar refractivity (Wildman–Crippen MR) is 91.0 cm³/mol. The summed E-state index contributed by atoms with van der Waals surface area (Å²) in [6.45, 7) is 2.75. The standard InChI is InChI=1S/C16H18FN5O2S/c1-10-7-12(17)15-11(14(10)16-18-9-21(2)20-16)8-13(19-15)25(23,24)22-5-3-4-6-22/h7-9,19H,3-6H2,1-2H3. The number of benzene rings is 1. The van der Waals surface area contributed by atoms with E-state index in [9.17, 15) is 12.8 Å². The van der Waals surface area contributed by atoms with E-state index in [0.717, 1.165) is 12.8 Å². The molecular weight excluding hydrogens is 345 g/mol. The number of nitrogens with zero attached hydrogens (tertiary/aromatic N) is 4. The van der Waals surface area contributed by atoms with Crippen molar-refractivity contribution >= 4 is 20.9 Å². The molecule has 0 bridgehead atoms. The monoisotopic (exact) mass is 363 g/mol. The lowest BCUT2D eigenvalue weighted by atomic mass is 10.0. The molecule has 1 aliphatic rings. The fourth-order valence-corrected chi connectivity index (χ4v) is 4.83. The molecule has 132 valence electrons. The molecule has 2 aromatic heterocycles. The number of halogens is 1. The third-order valence-electron chi connectivity index (χ3n) is 4.54. The van der Waals surface area contributed by atoms with E-state index in [1.807, 2.05) is 0 Å². The van der Waals surface area contributed by atoms with Gasteiger partial charge >= 0.3 is 0 Å². The Kier molecular flexibility index (Phi) is 3.66. The van der Waals surface area contributed by atoms with E-state index in [4.69, 9.17) is 0 Å². The number of sulfonamides is 1. The van der Waals surface area contributed by atoms with Crippen LogP contribution in [0.5, 0.6) is 0 Å². The first kappa shape index (κ1) is 16.2. The summed E-state index contributed by atoms with van der Waals surface area (Å²) in [5.74, 6) is -0.0517. The van der Waals surface area contributed by atoms with Crippen molar-refractivity contribution in [2.75, 3.05) is 13.1 Å². The second-order valence-corrected chi connectivity index (χ2v) is 8.23. The number of rotatable bonds is 3. The maximum Gasteiger partial charge on any atom is 0.258 e. The zero-order valence-corrected chi connectivity index (χ0v) is 14.8. The highest BCUT2D eigenvalue weighted by atomic mass is 32.2. The van der Waals surface area contributed by atoms with Gasteiger partial charge in [0.25, 0.3) is 10.0 Å².